The molecule has 7 nitrogen and oxygen atoms in total. The summed E-state index contributed by atoms with van der Waals surface area (Å²) in [4.78, 5) is 49.3. The second-order valence-electron chi connectivity index (χ2n) is 6.71. The second-order valence-corrected chi connectivity index (χ2v) is 6.71. The number of carbonyl (C=O) groups excluding carboxylic acids is 3. The highest BCUT2D eigenvalue weighted by atomic mass is 16.4. The molecule has 0 fully saturated rings. The molecule has 1 aliphatic heterocycles. The number of rotatable bonds is 9. The zero-order chi connectivity index (χ0) is 19.3. The second kappa shape index (κ2) is 8.60. The Hall–Kier alpha value is -2.70. The van der Waals surface area contributed by atoms with Crippen LogP contribution >= 0.6 is 0 Å². The summed E-state index contributed by atoms with van der Waals surface area (Å²) in [6.45, 7) is 3.96. The van der Waals surface area contributed by atoms with Crippen molar-refractivity contribution in [3.8, 4) is 0 Å². The predicted octanol–water partition coefficient (Wildman–Crippen LogP) is 2.07. The van der Waals surface area contributed by atoms with Crippen LogP contribution in [0.25, 0.3) is 0 Å². The van der Waals surface area contributed by atoms with Gasteiger partial charge in [0.1, 0.15) is 6.04 Å². The number of benzene rings is 1. The maximum Gasteiger partial charge on any atom is 0.303 e. The molecule has 1 atom stereocenters. The van der Waals surface area contributed by atoms with Gasteiger partial charge in [-0.05, 0) is 30.9 Å². The normalized spacial score (nSPS) is 14.5. The molecule has 1 aliphatic rings. The number of unbranched alkanes of at least 4 members (excludes halogenated alkanes) is 2. The minimum atomic E-state index is -0.874. The SMILES string of the molecule is CC(C)C(C(=O)NCCCCCC(=O)O)N1C(=O)c2ccccc2C1=O. The Bertz CT molecular complexity index is 679. The van der Waals surface area contributed by atoms with Gasteiger partial charge < -0.3 is 10.4 Å². The van der Waals surface area contributed by atoms with Gasteiger partial charge in [0.05, 0.1) is 11.1 Å². The van der Waals surface area contributed by atoms with Crippen LogP contribution in [0, 0.1) is 5.92 Å². The molecule has 1 aromatic rings. The molecule has 0 saturated carbocycles. The first-order valence-corrected chi connectivity index (χ1v) is 8.81. The maximum absolute atomic E-state index is 12.6. The van der Waals surface area contributed by atoms with Gasteiger partial charge in [-0.2, -0.15) is 0 Å². The van der Waals surface area contributed by atoms with E-state index in [0.717, 1.165) is 4.90 Å². The Morgan fingerprint density at radius 2 is 1.62 bits per heavy atom. The third kappa shape index (κ3) is 4.28. The Morgan fingerprint density at radius 3 is 2.12 bits per heavy atom. The van der Waals surface area contributed by atoms with Crippen LogP contribution in [0.1, 0.15) is 60.2 Å². The quantitative estimate of drug-likeness (QED) is 0.518. The average Bonchev–Trinajstić information content (AvgIpc) is 2.83. The van der Waals surface area contributed by atoms with Gasteiger partial charge in [0.2, 0.25) is 5.91 Å². The lowest BCUT2D eigenvalue weighted by Gasteiger charge is -2.28. The van der Waals surface area contributed by atoms with Crippen LogP contribution in [0.15, 0.2) is 24.3 Å². The standard InChI is InChI=1S/C19H24N2O5/c1-12(2)16(17(24)20-11-7-3-4-10-15(22)23)21-18(25)13-8-5-6-9-14(13)19(21)26/h5-6,8-9,12,16H,3-4,7,10-11H2,1-2H3,(H,20,24)(H,22,23). The van der Waals surface area contributed by atoms with Crippen molar-refractivity contribution in [1.29, 1.82) is 0 Å². The predicted molar refractivity (Wildman–Crippen MR) is 94.7 cm³/mol. The largest absolute Gasteiger partial charge is 0.481 e. The first-order chi connectivity index (χ1) is 12.3. The highest BCUT2D eigenvalue weighted by Gasteiger charge is 2.43. The molecule has 26 heavy (non-hydrogen) atoms. The van der Waals surface area contributed by atoms with E-state index in [9.17, 15) is 19.2 Å². The molecule has 7 heteroatoms. The number of hydrogen-bond acceptors (Lipinski definition) is 4. The monoisotopic (exact) mass is 360 g/mol. The summed E-state index contributed by atoms with van der Waals surface area (Å²) in [5, 5.41) is 11.4. The summed E-state index contributed by atoms with van der Waals surface area (Å²) < 4.78 is 0. The molecule has 2 rings (SSSR count). The van der Waals surface area contributed by atoms with Crippen molar-refractivity contribution in [2.75, 3.05) is 6.54 Å². The minimum Gasteiger partial charge on any atom is -0.481 e. The van der Waals surface area contributed by atoms with Crippen molar-refractivity contribution in [3.05, 3.63) is 35.4 Å². The molecule has 0 radical (unpaired) electrons. The molecule has 1 heterocycles. The number of carboxylic acid groups (broad SMARTS) is 1. The van der Waals surface area contributed by atoms with Crippen LogP contribution in [0.5, 0.6) is 0 Å². The smallest absolute Gasteiger partial charge is 0.303 e. The number of amides is 3. The van der Waals surface area contributed by atoms with Crippen LogP contribution in [0.2, 0.25) is 0 Å². The van der Waals surface area contributed by atoms with E-state index in [2.05, 4.69) is 5.32 Å². The summed E-state index contributed by atoms with van der Waals surface area (Å²) in [6.07, 6.45) is 1.99. The third-order valence-corrected chi connectivity index (χ3v) is 4.37. The van der Waals surface area contributed by atoms with Gasteiger partial charge in [-0.25, -0.2) is 0 Å². The van der Waals surface area contributed by atoms with Gasteiger partial charge in [0, 0.05) is 13.0 Å². The molecule has 0 spiro atoms. The summed E-state index contributed by atoms with van der Waals surface area (Å²) in [7, 11) is 0. The molecule has 3 amide bonds. The Labute approximate surface area is 152 Å². The number of carbonyl (C=O) groups is 4. The van der Waals surface area contributed by atoms with Gasteiger partial charge in [-0.1, -0.05) is 32.4 Å². The minimum absolute atomic E-state index is 0.109. The Kier molecular flexibility index (Phi) is 6.49. The summed E-state index contributed by atoms with van der Waals surface area (Å²) in [5.74, 6) is -2.32. The van der Waals surface area contributed by atoms with Crippen LogP contribution in [0.4, 0.5) is 0 Å². The van der Waals surface area contributed by atoms with Crippen LogP contribution in [0.3, 0.4) is 0 Å². The van der Waals surface area contributed by atoms with Crippen molar-refractivity contribution < 1.29 is 24.3 Å². The van der Waals surface area contributed by atoms with Gasteiger partial charge in [-0.15, -0.1) is 0 Å². The van der Waals surface area contributed by atoms with Crippen molar-refractivity contribution in [2.45, 2.75) is 45.6 Å². The summed E-state index contributed by atoms with van der Waals surface area (Å²) in [6, 6.07) is 5.69. The van der Waals surface area contributed by atoms with Gasteiger partial charge >= 0.3 is 5.97 Å². The van der Waals surface area contributed by atoms with E-state index >= 15 is 0 Å². The van der Waals surface area contributed by atoms with Gasteiger partial charge in [0.15, 0.2) is 0 Å². The number of imide groups is 1. The van der Waals surface area contributed by atoms with E-state index in [1.54, 1.807) is 38.1 Å². The lowest BCUT2D eigenvalue weighted by Crippen LogP contribution is -2.52. The van der Waals surface area contributed by atoms with E-state index in [1.807, 2.05) is 0 Å². The van der Waals surface area contributed by atoms with Crippen molar-refractivity contribution in [1.82, 2.24) is 10.2 Å². The topological polar surface area (TPSA) is 104 Å². The molecule has 0 saturated heterocycles. The summed E-state index contributed by atoms with van der Waals surface area (Å²) in [5.41, 5.74) is 0.647. The molecular formula is C19H24N2O5. The third-order valence-electron chi connectivity index (χ3n) is 4.37. The molecule has 140 valence electrons. The molecule has 0 bridgehead atoms. The average molecular weight is 360 g/mol. The fraction of sp³-hybridized carbons (Fsp3) is 0.474. The van der Waals surface area contributed by atoms with E-state index in [0.29, 0.717) is 36.9 Å². The molecule has 1 unspecified atom stereocenters. The zero-order valence-electron chi connectivity index (χ0n) is 15.0. The maximum atomic E-state index is 12.6. The highest BCUT2D eigenvalue weighted by molar-refractivity contribution is 6.22. The van der Waals surface area contributed by atoms with E-state index in [-0.39, 0.29) is 18.2 Å². The van der Waals surface area contributed by atoms with Crippen molar-refractivity contribution in [3.63, 3.8) is 0 Å². The number of aliphatic carboxylic acids is 1. The van der Waals surface area contributed by atoms with Crippen LogP contribution in [-0.2, 0) is 9.59 Å². The molecule has 0 aromatic heterocycles. The van der Waals surface area contributed by atoms with Gasteiger partial charge in [0.25, 0.3) is 11.8 Å². The van der Waals surface area contributed by atoms with E-state index < -0.39 is 23.8 Å². The first-order valence-electron chi connectivity index (χ1n) is 8.81. The number of hydrogen-bond donors (Lipinski definition) is 2. The van der Waals surface area contributed by atoms with Crippen molar-refractivity contribution >= 4 is 23.7 Å². The molecular weight excluding hydrogens is 336 g/mol. The number of nitrogens with zero attached hydrogens (tertiary/aromatic N) is 1. The van der Waals surface area contributed by atoms with Crippen LogP contribution in [-0.4, -0.2) is 46.3 Å². The van der Waals surface area contributed by atoms with Gasteiger partial charge in [-0.3, -0.25) is 24.1 Å². The molecule has 1 aromatic carbocycles. The Balaban J connectivity index is 1.99. The fourth-order valence-corrected chi connectivity index (χ4v) is 3.07. The highest BCUT2D eigenvalue weighted by Crippen LogP contribution is 2.27. The number of carboxylic acids is 1. The van der Waals surface area contributed by atoms with E-state index in [4.69, 9.17) is 5.11 Å². The molecule has 2 N–H and O–H groups in total. The summed E-state index contributed by atoms with van der Waals surface area (Å²) >= 11 is 0. The lowest BCUT2D eigenvalue weighted by atomic mass is 10.0. The lowest BCUT2D eigenvalue weighted by molar-refractivity contribution is -0.137. The van der Waals surface area contributed by atoms with Crippen LogP contribution < -0.4 is 5.32 Å². The van der Waals surface area contributed by atoms with E-state index in [1.165, 1.54) is 0 Å². The van der Waals surface area contributed by atoms with Crippen molar-refractivity contribution in [2.24, 2.45) is 5.92 Å². The number of nitrogens with one attached hydrogen (secondary N) is 1. The Morgan fingerprint density at radius 1 is 1.04 bits per heavy atom. The number of fused-ring (bicyclic) bond motifs is 1. The first kappa shape index (κ1) is 19.6. The zero-order valence-corrected chi connectivity index (χ0v) is 15.0. The fourth-order valence-electron chi connectivity index (χ4n) is 3.07. The molecule has 0 aliphatic carbocycles.